The smallest absolute Gasteiger partial charge is 0.326 e. The average Bonchev–Trinajstić information content (AvgIpc) is 2.93. The molecule has 2 aliphatic rings. The van der Waals surface area contributed by atoms with E-state index in [-0.39, 0.29) is 18.4 Å². The lowest BCUT2D eigenvalue weighted by Crippen LogP contribution is -2.48. The lowest BCUT2D eigenvalue weighted by atomic mass is 9.94. The van der Waals surface area contributed by atoms with Gasteiger partial charge in [-0.25, -0.2) is 9.59 Å². The number of carbonyl (C=O) groups is 2. The lowest BCUT2D eigenvalue weighted by molar-refractivity contribution is -0.142. The SMILES string of the molecule is CN(CCC#N)C(=O)N1CC2CCCC2C1C(=O)O. The topological polar surface area (TPSA) is 84.6 Å². The van der Waals surface area contributed by atoms with Gasteiger partial charge >= 0.3 is 12.0 Å². The predicted octanol–water partition coefficient (Wildman–Crippen LogP) is 1.14. The molecule has 1 N–H and O–H groups in total. The summed E-state index contributed by atoms with van der Waals surface area (Å²) in [5, 5.41) is 17.9. The van der Waals surface area contributed by atoms with Gasteiger partial charge in [0, 0.05) is 20.1 Å². The molecule has 19 heavy (non-hydrogen) atoms. The molecule has 0 aromatic carbocycles. The van der Waals surface area contributed by atoms with Gasteiger partial charge in [-0.3, -0.25) is 0 Å². The van der Waals surface area contributed by atoms with Crippen molar-refractivity contribution in [2.45, 2.75) is 31.7 Å². The molecule has 0 spiro atoms. The summed E-state index contributed by atoms with van der Waals surface area (Å²) in [6, 6.07) is 1.03. The highest BCUT2D eigenvalue weighted by Gasteiger charge is 2.50. The van der Waals surface area contributed by atoms with Crippen molar-refractivity contribution in [1.29, 1.82) is 5.26 Å². The fourth-order valence-corrected chi connectivity index (χ4v) is 3.35. The number of nitriles is 1. The highest BCUT2D eigenvalue weighted by atomic mass is 16.4. The van der Waals surface area contributed by atoms with Gasteiger partial charge in [0.25, 0.3) is 0 Å². The van der Waals surface area contributed by atoms with E-state index in [0.29, 0.717) is 19.0 Å². The molecule has 1 saturated carbocycles. The second-order valence-electron chi connectivity index (χ2n) is 5.40. The van der Waals surface area contributed by atoms with Gasteiger partial charge < -0.3 is 14.9 Å². The molecular weight excluding hydrogens is 246 g/mol. The van der Waals surface area contributed by atoms with Crippen LogP contribution in [0.25, 0.3) is 0 Å². The first-order valence-corrected chi connectivity index (χ1v) is 6.67. The Hall–Kier alpha value is -1.77. The first kappa shape index (κ1) is 13.7. The Kier molecular flexibility index (Phi) is 3.93. The van der Waals surface area contributed by atoms with Crippen molar-refractivity contribution >= 4 is 12.0 Å². The molecule has 1 saturated heterocycles. The van der Waals surface area contributed by atoms with Crippen LogP contribution < -0.4 is 0 Å². The molecule has 3 unspecified atom stereocenters. The van der Waals surface area contributed by atoms with E-state index in [4.69, 9.17) is 5.26 Å². The van der Waals surface area contributed by atoms with Crippen LogP contribution in [0.3, 0.4) is 0 Å². The van der Waals surface area contributed by atoms with Crippen molar-refractivity contribution in [2.75, 3.05) is 20.1 Å². The Bertz CT molecular complexity index is 418. The summed E-state index contributed by atoms with van der Waals surface area (Å²) in [6.07, 6.45) is 3.24. The van der Waals surface area contributed by atoms with Crippen LogP contribution in [-0.4, -0.2) is 53.1 Å². The van der Waals surface area contributed by atoms with Gasteiger partial charge in [-0.15, -0.1) is 0 Å². The highest BCUT2D eigenvalue weighted by Crippen LogP contribution is 2.42. The van der Waals surface area contributed by atoms with Crippen molar-refractivity contribution in [3.63, 3.8) is 0 Å². The predicted molar refractivity (Wildman–Crippen MR) is 67.2 cm³/mol. The number of hydrogen-bond acceptors (Lipinski definition) is 3. The standard InChI is InChI=1S/C13H19N3O3/c1-15(7-3-6-14)13(19)16-8-9-4-2-5-10(9)11(16)12(17)18/h9-11H,2-5,7-8H2,1H3,(H,17,18). The van der Waals surface area contributed by atoms with E-state index in [1.807, 2.05) is 6.07 Å². The molecular formula is C13H19N3O3. The summed E-state index contributed by atoms with van der Waals surface area (Å²) in [7, 11) is 1.62. The zero-order valence-corrected chi connectivity index (χ0v) is 11.1. The maximum atomic E-state index is 12.3. The number of aliphatic carboxylic acids is 1. The molecule has 3 atom stereocenters. The number of carbonyl (C=O) groups excluding carboxylic acids is 1. The van der Waals surface area contributed by atoms with E-state index in [0.717, 1.165) is 19.3 Å². The van der Waals surface area contributed by atoms with Crippen LogP contribution in [-0.2, 0) is 4.79 Å². The number of carboxylic acids is 1. The molecule has 1 heterocycles. The second kappa shape index (κ2) is 5.47. The van der Waals surface area contributed by atoms with Crippen molar-refractivity contribution in [3.05, 3.63) is 0 Å². The summed E-state index contributed by atoms with van der Waals surface area (Å²) in [4.78, 5) is 26.6. The number of urea groups is 1. The van der Waals surface area contributed by atoms with E-state index in [2.05, 4.69) is 0 Å². The quantitative estimate of drug-likeness (QED) is 0.829. The normalized spacial score (nSPS) is 28.8. The van der Waals surface area contributed by atoms with Gasteiger partial charge in [-0.05, 0) is 24.7 Å². The number of rotatable bonds is 3. The lowest BCUT2D eigenvalue weighted by Gasteiger charge is -2.28. The number of hydrogen-bond donors (Lipinski definition) is 1. The summed E-state index contributed by atoms with van der Waals surface area (Å²) < 4.78 is 0. The van der Waals surface area contributed by atoms with Gasteiger partial charge in [-0.1, -0.05) is 6.42 Å². The van der Waals surface area contributed by atoms with Gasteiger partial charge in [0.15, 0.2) is 0 Å². The Morgan fingerprint density at radius 3 is 2.84 bits per heavy atom. The van der Waals surface area contributed by atoms with Crippen LogP contribution in [0.4, 0.5) is 4.79 Å². The first-order valence-electron chi connectivity index (χ1n) is 6.67. The Balaban J connectivity index is 2.08. The molecule has 104 valence electrons. The van der Waals surface area contributed by atoms with Crippen LogP contribution in [0.1, 0.15) is 25.7 Å². The van der Waals surface area contributed by atoms with E-state index in [1.54, 1.807) is 7.05 Å². The summed E-state index contributed by atoms with van der Waals surface area (Å²) >= 11 is 0. The highest BCUT2D eigenvalue weighted by molar-refractivity contribution is 5.83. The number of fused-ring (bicyclic) bond motifs is 1. The summed E-state index contributed by atoms with van der Waals surface area (Å²) in [5.74, 6) is -0.475. The molecule has 2 rings (SSSR count). The van der Waals surface area contributed by atoms with Crippen LogP contribution in [0.2, 0.25) is 0 Å². The van der Waals surface area contributed by atoms with Gasteiger partial charge in [-0.2, -0.15) is 5.26 Å². The van der Waals surface area contributed by atoms with Crippen LogP contribution >= 0.6 is 0 Å². The van der Waals surface area contributed by atoms with Crippen LogP contribution in [0, 0.1) is 23.2 Å². The molecule has 0 bridgehead atoms. The fraction of sp³-hybridized carbons (Fsp3) is 0.769. The molecule has 0 radical (unpaired) electrons. The molecule has 1 aliphatic heterocycles. The minimum atomic E-state index is -0.906. The third-order valence-corrected chi connectivity index (χ3v) is 4.27. The van der Waals surface area contributed by atoms with E-state index < -0.39 is 12.0 Å². The van der Waals surface area contributed by atoms with Crippen LogP contribution in [0.5, 0.6) is 0 Å². The Morgan fingerprint density at radius 1 is 1.47 bits per heavy atom. The van der Waals surface area contributed by atoms with Crippen molar-refractivity contribution in [3.8, 4) is 6.07 Å². The van der Waals surface area contributed by atoms with Crippen molar-refractivity contribution in [1.82, 2.24) is 9.80 Å². The Morgan fingerprint density at radius 2 is 2.21 bits per heavy atom. The van der Waals surface area contributed by atoms with E-state index >= 15 is 0 Å². The molecule has 2 amide bonds. The zero-order chi connectivity index (χ0) is 14.0. The summed E-state index contributed by atoms with van der Waals surface area (Å²) in [6.45, 7) is 0.880. The second-order valence-corrected chi connectivity index (χ2v) is 5.40. The molecule has 6 heteroatoms. The van der Waals surface area contributed by atoms with Crippen molar-refractivity contribution in [2.24, 2.45) is 11.8 Å². The minimum Gasteiger partial charge on any atom is -0.480 e. The minimum absolute atomic E-state index is 0.103. The number of likely N-dealkylation sites (tertiary alicyclic amines) is 1. The molecule has 6 nitrogen and oxygen atoms in total. The van der Waals surface area contributed by atoms with Crippen molar-refractivity contribution < 1.29 is 14.7 Å². The number of carboxylic acid groups (broad SMARTS) is 1. The molecule has 2 fully saturated rings. The zero-order valence-electron chi connectivity index (χ0n) is 11.1. The molecule has 1 aliphatic carbocycles. The Labute approximate surface area is 112 Å². The van der Waals surface area contributed by atoms with E-state index in [1.165, 1.54) is 9.80 Å². The first-order chi connectivity index (χ1) is 9.06. The monoisotopic (exact) mass is 265 g/mol. The number of nitrogens with zero attached hydrogens (tertiary/aromatic N) is 3. The van der Waals surface area contributed by atoms with Gasteiger partial charge in [0.2, 0.25) is 0 Å². The third-order valence-electron chi connectivity index (χ3n) is 4.27. The largest absolute Gasteiger partial charge is 0.480 e. The molecule has 0 aromatic heterocycles. The van der Waals surface area contributed by atoms with E-state index in [9.17, 15) is 14.7 Å². The van der Waals surface area contributed by atoms with Crippen LogP contribution in [0.15, 0.2) is 0 Å². The number of amides is 2. The third kappa shape index (κ3) is 2.50. The maximum Gasteiger partial charge on any atom is 0.326 e. The fourth-order valence-electron chi connectivity index (χ4n) is 3.35. The van der Waals surface area contributed by atoms with Gasteiger partial charge in [0.05, 0.1) is 12.5 Å². The summed E-state index contributed by atoms with van der Waals surface area (Å²) in [5.41, 5.74) is 0. The van der Waals surface area contributed by atoms with Gasteiger partial charge in [0.1, 0.15) is 6.04 Å². The molecule has 0 aromatic rings. The average molecular weight is 265 g/mol. The maximum absolute atomic E-state index is 12.3.